The Labute approximate surface area is 118 Å². The van der Waals surface area contributed by atoms with Gasteiger partial charge in [-0.15, -0.1) is 0 Å². The van der Waals surface area contributed by atoms with Gasteiger partial charge in [0.15, 0.2) is 11.5 Å². The van der Waals surface area contributed by atoms with Crippen LogP contribution in [0.5, 0.6) is 11.5 Å². The molecule has 1 aliphatic heterocycles. The zero-order valence-corrected chi connectivity index (χ0v) is 11.7. The van der Waals surface area contributed by atoms with Crippen molar-refractivity contribution in [1.29, 1.82) is 0 Å². The topological polar surface area (TPSA) is 43.4 Å². The van der Waals surface area contributed by atoms with E-state index in [4.69, 9.17) is 9.47 Å². The summed E-state index contributed by atoms with van der Waals surface area (Å²) < 4.78 is 10.7. The maximum absolute atomic E-state index is 5.39. The Morgan fingerprint density at radius 1 is 1.15 bits per heavy atom. The molecule has 0 spiro atoms. The fourth-order valence-electron chi connectivity index (χ4n) is 2.71. The summed E-state index contributed by atoms with van der Waals surface area (Å²) in [5.74, 6) is 1.50. The van der Waals surface area contributed by atoms with Crippen LogP contribution >= 0.6 is 0 Å². The van der Waals surface area contributed by atoms with Gasteiger partial charge in [-0.3, -0.25) is 4.98 Å². The molecule has 0 aliphatic carbocycles. The molecule has 4 heteroatoms. The molecule has 1 aromatic heterocycles. The number of hydrogen-bond donors (Lipinski definition) is 1. The molecule has 0 saturated heterocycles. The lowest BCUT2D eigenvalue weighted by molar-refractivity contribution is 0.354. The highest BCUT2D eigenvalue weighted by Crippen LogP contribution is 2.34. The van der Waals surface area contributed by atoms with Gasteiger partial charge in [-0.05, 0) is 41.3 Å². The number of methoxy groups -OCH3 is 2. The molecule has 1 unspecified atom stereocenters. The van der Waals surface area contributed by atoms with Crippen molar-refractivity contribution in [3.05, 3.63) is 53.3 Å². The van der Waals surface area contributed by atoms with Crippen LogP contribution in [-0.4, -0.2) is 25.7 Å². The number of pyridine rings is 1. The number of nitrogens with zero attached hydrogens (tertiary/aromatic N) is 1. The van der Waals surface area contributed by atoms with Gasteiger partial charge in [0.05, 0.1) is 20.3 Å². The zero-order valence-electron chi connectivity index (χ0n) is 11.7. The first-order valence-electron chi connectivity index (χ1n) is 6.71. The number of nitrogens with one attached hydrogen (secondary N) is 1. The molecule has 3 rings (SSSR count). The third-order valence-corrected chi connectivity index (χ3v) is 3.74. The molecule has 104 valence electrons. The number of fused-ring (bicyclic) bond motifs is 1. The number of aromatic nitrogens is 1. The first-order valence-corrected chi connectivity index (χ1v) is 6.71. The van der Waals surface area contributed by atoms with Crippen molar-refractivity contribution in [3.63, 3.8) is 0 Å². The van der Waals surface area contributed by atoms with E-state index in [1.165, 1.54) is 11.1 Å². The number of ether oxygens (including phenoxy) is 2. The summed E-state index contributed by atoms with van der Waals surface area (Å²) in [6.45, 7) is 0.968. The molecular weight excluding hydrogens is 252 g/mol. The van der Waals surface area contributed by atoms with E-state index < -0.39 is 0 Å². The van der Waals surface area contributed by atoms with Gasteiger partial charge in [-0.1, -0.05) is 6.07 Å². The van der Waals surface area contributed by atoms with Crippen LogP contribution in [0.1, 0.15) is 22.7 Å². The second-order valence-corrected chi connectivity index (χ2v) is 4.83. The second kappa shape index (κ2) is 5.51. The molecule has 0 radical (unpaired) electrons. The van der Waals surface area contributed by atoms with Crippen LogP contribution in [0.25, 0.3) is 0 Å². The Balaban J connectivity index is 2.02. The molecule has 0 bridgehead atoms. The van der Waals surface area contributed by atoms with E-state index in [0.717, 1.165) is 30.0 Å². The maximum atomic E-state index is 5.39. The van der Waals surface area contributed by atoms with Gasteiger partial charge in [0.25, 0.3) is 0 Å². The van der Waals surface area contributed by atoms with Gasteiger partial charge in [-0.2, -0.15) is 0 Å². The minimum atomic E-state index is 0.159. The molecule has 0 saturated carbocycles. The predicted octanol–water partition coefficient (Wildman–Crippen LogP) is 2.33. The van der Waals surface area contributed by atoms with Crippen molar-refractivity contribution in [1.82, 2.24) is 10.3 Å². The monoisotopic (exact) mass is 270 g/mol. The predicted molar refractivity (Wildman–Crippen MR) is 77.3 cm³/mol. The van der Waals surface area contributed by atoms with Crippen molar-refractivity contribution < 1.29 is 9.47 Å². The van der Waals surface area contributed by atoms with Crippen molar-refractivity contribution in [2.75, 3.05) is 20.8 Å². The van der Waals surface area contributed by atoms with Crippen molar-refractivity contribution in [2.24, 2.45) is 0 Å². The first-order chi connectivity index (χ1) is 9.83. The molecule has 20 heavy (non-hydrogen) atoms. The van der Waals surface area contributed by atoms with E-state index in [9.17, 15) is 0 Å². The van der Waals surface area contributed by atoms with Gasteiger partial charge < -0.3 is 14.8 Å². The van der Waals surface area contributed by atoms with Crippen LogP contribution in [0.2, 0.25) is 0 Å². The third kappa shape index (κ3) is 2.23. The summed E-state index contributed by atoms with van der Waals surface area (Å²) in [5, 5.41) is 3.54. The van der Waals surface area contributed by atoms with Crippen molar-refractivity contribution >= 4 is 0 Å². The first kappa shape index (κ1) is 12.9. The summed E-state index contributed by atoms with van der Waals surface area (Å²) in [6.07, 6.45) is 4.85. The van der Waals surface area contributed by atoms with Crippen LogP contribution in [0, 0.1) is 0 Å². The lowest BCUT2D eigenvalue weighted by Crippen LogP contribution is -2.30. The van der Waals surface area contributed by atoms with E-state index in [1.54, 1.807) is 14.2 Å². The number of hydrogen-bond acceptors (Lipinski definition) is 4. The molecule has 2 heterocycles. The second-order valence-electron chi connectivity index (χ2n) is 4.83. The highest BCUT2D eigenvalue weighted by molar-refractivity contribution is 5.47. The summed E-state index contributed by atoms with van der Waals surface area (Å²) in [4.78, 5) is 4.25. The van der Waals surface area contributed by atoms with Crippen LogP contribution in [-0.2, 0) is 6.42 Å². The molecule has 1 aromatic carbocycles. The van der Waals surface area contributed by atoms with Crippen LogP contribution in [0.4, 0.5) is 0 Å². The highest BCUT2D eigenvalue weighted by Gasteiger charge is 2.22. The Morgan fingerprint density at radius 2 is 2.00 bits per heavy atom. The quantitative estimate of drug-likeness (QED) is 0.929. The minimum absolute atomic E-state index is 0.159. The fraction of sp³-hybridized carbons (Fsp3) is 0.312. The van der Waals surface area contributed by atoms with E-state index >= 15 is 0 Å². The Morgan fingerprint density at radius 3 is 2.80 bits per heavy atom. The van der Waals surface area contributed by atoms with Crippen LogP contribution in [0.3, 0.4) is 0 Å². The van der Waals surface area contributed by atoms with Gasteiger partial charge in [0, 0.05) is 18.9 Å². The minimum Gasteiger partial charge on any atom is -0.493 e. The average Bonchev–Trinajstić information content (AvgIpc) is 2.53. The lowest BCUT2D eigenvalue weighted by Gasteiger charge is -2.27. The summed E-state index contributed by atoms with van der Waals surface area (Å²) in [5.41, 5.74) is 3.76. The molecule has 2 aromatic rings. The molecule has 0 fully saturated rings. The SMILES string of the molecule is COc1ccc(C2NCCc3ccncc32)cc1OC. The molecule has 1 N–H and O–H groups in total. The number of benzene rings is 1. The van der Waals surface area contributed by atoms with E-state index in [2.05, 4.69) is 22.4 Å². The third-order valence-electron chi connectivity index (χ3n) is 3.74. The summed E-state index contributed by atoms with van der Waals surface area (Å²) in [6, 6.07) is 8.30. The molecule has 1 aliphatic rings. The molecular formula is C16H18N2O2. The zero-order chi connectivity index (χ0) is 13.9. The molecule has 4 nitrogen and oxygen atoms in total. The molecule has 1 atom stereocenters. The average molecular weight is 270 g/mol. The highest BCUT2D eigenvalue weighted by atomic mass is 16.5. The van der Waals surface area contributed by atoms with Crippen LogP contribution < -0.4 is 14.8 Å². The van der Waals surface area contributed by atoms with Crippen molar-refractivity contribution in [3.8, 4) is 11.5 Å². The molecule has 0 amide bonds. The Hall–Kier alpha value is -2.07. The summed E-state index contributed by atoms with van der Waals surface area (Å²) >= 11 is 0. The van der Waals surface area contributed by atoms with E-state index in [0.29, 0.717) is 0 Å². The van der Waals surface area contributed by atoms with E-state index in [-0.39, 0.29) is 6.04 Å². The Bertz CT molecular complexity index is 613. The summed E-state index contributed by atoms with van der Waals surface area (Å²) in [7, 11) is 3.31. The largest absolute Gasteiger partial charge is 0.493 e. The lowest BCUT2D eigenvalue weighted by atomic mass is 9.91. The van der Waals surface area contributed by atoms with Crippen LogP contribution in [0.15, 0.2) is 36.7 Å². The Kier molecular flexibility index (Phi) is 3.56. The van der Waals surface area contributed by atoms with Gasteiger partial charge >= 0.3 is 0 Å². The van der Waals surface area contributed by atoms with Gasteiger partial charge in [0.2, 0.25) is 0 Å². The number of rotatable bonds is 3. The van der Waals surface area contributed by atoms with Crippen molar-refractivity contribution in [2.45, 2.75) is 12.5 Å². The standard InChI is InChI=1S/C16H18N2O2/c1-19-14-4-3-12(9-15(14)20-2)16-13-10-17-7-5-11(13)6-8-18-16/h3-5,7,9-10,16,18H,6,8H2,1-2H3. The van der Waals surface area contributed by atoms with E-state index in [1.807, 2.05) is 24.5 Å². The van der Waals surface area contributed by atoms with Gasteiger partial charge in [0.1, 0.15) is 0 Å². The normalized spacial score (nSPS) is 17.4. The maximum Gasteiger partial charge on any atom is 0.161 e. The fourth-order valence-corrected chi connectivity index (χ4v) is 2.71. The van der Waals surface area contributed by atoms with Gasteiger partial charge in [-0.25, -0.2) is 0 Å². The smallest absolute Gasteiger partial charge is 0.161 e.